The summed E-state index contributed by atoms with van der Waals surface area (Å²) in [4.78, 5) is 9.00. The largest absolute Gasteiger partial charge is 0.297 e. The quantitative estimate of drug-likeness (QED) is 0.395. The fourth-order valence-electron chi connectivity index (χ4n) is 4.32. The van der Waals surface area contributed by atoms with Gasteiger partial charge >= 0.3 is 0 Å². The lowest BCUT2D eigenvalue weighted by Crippen LogP contribution is -1.99. The Kier molecular flexibility index (Phi) is 17.8. The van der Waals surface area contributed by atoms with Gasteiger partial charge in [0, 0.05) is 25.0 Å². The van der Waals surface area contributed by atoms with Gasteiger partial charge in [-0.05, 0) is 51.9 Å². The Morgan fingerprint density at radius 1 is 0.500 bits per heavy atom. The maximum absolute atomic E-state index is 4.60. The van der Waals surface area contributed by atoms with E-state index in [2.05, 4.69) is 16.9 Å². The lowest BCUT2D eigenvalue weighted by atomic mass is 10.00. The van der Waals surface area contributed by atoms with Crippen molar-refractivity contribution in [2.75, 3.05) is 13.6 Å². The Morgan fingerprint density at radius 2 is 0.857 bits per heavy atom. The first kappa shape index (κ1) is 25.4. The summed E-state index contributed by atoms with van der Waals surface area (Å²) in [5, 5.41) is 0. The number of aliphatic imine (C=N–C) groups is 2. The van der Waals surface area contributed by atoms with Crippen LogP contribution in [0.2, 0.25) is 0 Å². The predicted molar refractivity (Wildman–Crippen MR) is 128 cm³/mol. The van der Waals surface area contributed by atoms with Crippen LogP contribution in [0.5, 0.6) is 0 Å². The van der Waals surface area contributed by atoms with Gasteiger partial charge in [-0.3, -0.25) is 9.98 Å². The van der Waals surface area contributed by atoms with E-state index in [9.17, 15) is 0 Å². The zero-order chi connectivity index (χ0) is 20.1. The van der Waals surface area contributed by atoms with E-state index in [-0.39, 0.29) is 0 Å². The first-order valence-electron chi connectivity index (χ1n) is 12.8. The third-order valence-corrected chi connectivity index (χ3v) is 6.33. The molecule has 0 aromatic heterocycles. The molecule has 0 amide bonds. The molecule has 1 saturated carbocycles. The van der Waals surface area contributed by atoms with Crippen molar-refractivity contribution in [3.8, 4) is 0 Å². The van der Waals surface area contributed by atoms with Crippen molar-refractivity contribution in [3.63, 3.8) is 0 Å². The molecule has 2 nitrogen and oxygen atoms in total. The van der Waals surface area contributed by atoms with E-state index in [1.165, 1.54) is 146 Å². The fraction of sp³-hybridized carbons (Fsp3) is 0.923. The van der Waals surface area contributed by atoms with Gasteiger partial charge in [-0.25, -0.2) is 0 Å². The minimum Gasteiger partial charge on any atom is -0.297 e. The van der Waals surface area contributed by atoms with Gasteiger partial charge < -0.3 is 0 Å². The molecule has 0 saturated heterocycles. The van der Waals surface area contributed by atoms with Gasteiger partial charge in [0.2, 0.25) is 0 Å². The Balaban J connectivity index is 0.000000280. The van der Waals surface area contributed by atoms with Gasteiger partial charge in [-0.1, -0.05) is 89.9 Å². The Morgan fingerprint density at radius 3 is 1.29 bits per heavy atom. The van der Waals surface area contributed by atoms with Gasteiger partial charge in [0.15, 0.2) is 0 Å². The highest BCUT2D eigenvalue weighted by molar-refractivity contribution is 5.84. The Labute approximate surface area is 177 Å². The molecule has 1 fully saturated rings. The number of nitrogens with zero attached hydrogens (tertiary/aromatic N) is 2. The predicted octanol–water partition coefficient (Wildman–Crippen LogP) is 8.72. The van der Waals surface area contributed by atoms with E-state index < -0.39 is 0 Å². The molecule has 0 atom stereocenters. The molecule has 0 aromatic carbocycles. The zero-order valence-corrected chi connectivity index (χ0v) is 19.5. The molecule has 0 unspecified atom stereocenters. The van der Waals surface area contributed by atoms with E-state index in [4.69, 9.17) is 0 Å². The van der Waals surface area contributed by atoms with Crippen molar-refractivity contribution < 1.29 is 0 Å². The van der Waals surface area contributed by atoms with E-state index >= 15 is 0 Å². The highest BCUT2D eigenvalue weighted by Gasteiger charge is 2.01. The number of hydrogen-bond donors (Lipinski definition) is 0. The first-order chi connectivity index (χ1) is 13.8. The summed E-state index contributed by atoms with van der Waals surface area (Å²) in [6.07, 6.45) is 29.3. The molecule has 0 aromatic rings. The molecule has 2 heteroatoms. The van der Waals surface area contributed by atoms with Crippen molar-refractivity contribution in [1.29, 1.82) is 0 Å². The maximum atomic E-state index is 4.60. The SMILES string of the molecule is CC1=NCCCCCCCCCCC1.CN=C1CCCCCCCCCCC1. The topological polar surface area (TPSA) is 24.7 Å². The van der Waals surface area contributed by atoms with Gasteiger partial charge in [-0.2, -0.15) is 0 Å². The zero-order valence-electron chi connectivity index (χ0n) is 19.5. The van der Waals surface area contributed by atoms with Crippen LogP contribution in [-0.2, 0) is 0 Å². The molecule has 1 aliphatic carbocycles. The van der Waals surface area contributed by atoms with Crippen LogP contribution in [0.1, 0.15) is 142 Å². The molecular formula is C26H50N2. The fourth-order valence-corrected chi connectivity index (χ4v) is 4.32. The second kappa shape index (κ2) is 19.6. The molecule has 164 valence electrons. The second-order valence-corrected chi connectivity index (χ2v) is 9.02. The average Bonchev–Trinajstić information content (AvgIpc) is 2.72. The van der Waals surface area contributed by atoms with Gasteiger partial charge in [-0.15, -0.1) is 0 Å². The van der Waals surface area contributed by atoms with E-state index in [1.807, 2.05) is 7.05 Å². The molecule has 1 aliphatic heterocycles. The van der Waals surface area contributed by atoms with Crippen LogP contribution in [0.15, 0.2) is 9.98 Å². The summed E-state index contributed by atoms with van der Waals surface area (Å²) < 4.78 is 0. The molecule has 2 rings (SSSR count). The van der Waals surface area contributed by atoms with Crippen molar-refractivity contribution in [2.45, 2.75) is 142 Å². The van der Waals surface area contributed by atoms with Crippen LogP contribution in [0.25, 0.3) is 0 Å². The first-order valence-corrected chi connectivity index (χ1v) is 12.8. The lowest BCUT2D eigenvalue weighted by Gasteiger charge is -2.08. The van der Waals surface area contributed by atoms with Crippen molar-refractivity contribution in [1.82, 2.24) is 0 Å². The molecular weight excluding hydrogens is 340 g/mol. The van der Waals surface area contributed by atoms with Crippen molar-refractivity contribution in [2.24, 2.45) is 9.98 Å². The van der Waals surface area contributed by atoms with E-state index in [1.54, 1.807) is 0 Å². The molecule has 28 heavy (non-hydrogen) atoms. The van der Waals surface area contributed by atoms with Gasteiger partial charge in [0.1, 0.15) is 0 Å². The summed E-state index contributed by atoms with van der Waals surface area (Å²) in [7, 11) is 1.96. The normalized spacial score (nSPS) is 22.5. The van der Waals surface area contributed by atoms with Crippen LogP contribution in [0, 0.1) is 0 Å². The molecule has 0 N–H and O–H groups in total. The molecule has 1 heterocycles. The standard InChI is InChI=1S/2C13H25N/c1-14-13-11-9-7-5-3-2-4-6-8-10-12-13;1-13-11-9-7-5-3-2-4-6-8-10-12-14-13/h2*2-12H2,1H3. The second-order valence-electron chi connectivity index (χ2n) is 9.02. The van der Waals surface area contributed by atoms with Crippen LogP contribution in [0.4, 0.5) is 0 Å². The van der Waals surface area contributed by atoms with E-state index in [0.29, 0.717) is 0 Å². The van der Waals surface area contributed by atoms with Crippen LogP contribution < -0.4 is 0 Å². The van der Waals surface area contributed by atoms with Crippen LogP contribution in [-0.4, -0.2) is 25.0 Å². The summed E-state index contributed by atoms with van der Waals surface area (Å²) in [5.74, 6) is 0. The van der Waals surface area contributed by atoms with Gasteiger partial charge in [0.05, 0.1) is 0 Å². The molecule has 0 bridgehead atoms. The molecule has 0 radical (unpaired) electrons. The number of rotatable bonds is 0. The average molecular weight is 391 g/mol. The maximum Gasteiger partial charge on any atom is 0.0388 e. The minimum absolute atomic E-state index is 1.08. The smallest absolute Gasteiger partial charge is 0.0388 e. The summed E-state index contributed by atoms with van der Waals surface area (Å²) in [6.45, 7) is 3.27. The lowest BCUT2D eigenvalue weighted by molar-refractivity contribution is 0.555. The highest BCUT2D eigenvalue weighted by Crippen LogP contribution is 2.15. The van der Waals surface area contributed by atoms with Crippen molar-refractivity contribution >= 4 is 11.4 Å². The Bertz CT molecular complexity index is 383. The molecule has 0 spiro atoms. The molecule has 2 aliphatic rings. The minimum atomic E-state index is 1.08. The highest BCUT2D eigenvalue weighted by atomic mass is 14.7. The summed E-state index contributed by atoms with van der Waals surface area (Å²) >= 11 is 0. The van der Waals surface area contributed by atoms with E-state index in [0.717, 1.165) is 6.54 Å². The number of hydrogen-bond acceptors (Lipinski definition) is 2. The van der Waals surface area contributed by atoms with Crippen LogP contribution in [0.3, 0.4) is 0 Å². The van der Waals surface area contributed by atoms with Crippen molar-refractivity contribution in [3.05, 3.63) is 0 Å². The monoisotopic (exact) mass is 390 g/mol. The van der Waals surface area contributed by atoms with Crippen LogP contribution >= 0.6 is 0 Å². The summed E-state index contributed by atoms with van der Waals surface area (Å²) in [5.41, 5.74) is 2.84. The summed E-state index contributed by atoms with van der Waals surface area (Å²) in [6, 6.07) is 0. The Hall–Kier alpha value is -0.660. The van der Waals surface area contributed by atoms with Gasteiger partial charge in [0.25, 0.3) is 0 Å². The third kappa shape index (κ3) is 16.3. The third-order valence-electron chi connectivity index (χ3n) is 6.33.